The van der Waals surface area contributed by atoms with E-state index in [4.69, 9.17) is 41.8 Å². The maximum atomic E-state index is 12.7. The van der Waals surface area contributed by atoms with Crippen molar-refractivity contribution in [1.29, 1.82) is 5.26 Å². The molecule has 0 aliphatic rings. The van der Waals surface area contributed by atoms with E-state index in [-0.39, 0.29) is 17.9 Å². The van der Waals surface area contributed by atoms with Crippen molar-refractivity contribution in [3.63, 3.8) is 0 Å². The topological polar surface area (TPSA) is 111 Å². The molecule has 0 spiro atoms. The zero-order chi connectivity index (χ0) is 27.9. The lowest BCUT2D eigenvalue weighted by atomic mass is 9.98. The lowest BCUT2D eigenvalue weighted by Crippen LogP contribution is -2.21. The van der Waals surface area contributed by atoms with Gasteiger partial charge in [0, 0.05) is 11.1 Å². The normalized spacial score (nSPS) is 10.4. The van der Waals surface area contributed by atoms with Crippen LogP contribution in [0.1, 0.15) is 11.1 Å². The number of hydrogen-bond acceptors (Lipinski definition) is 7. The number of benzene rings is 3. The molecule has 0 atom stereocenters. The molecule has 1 N–H and O–H groups in total. The van der Waals surface area contributed by atoms with E-state index < -0.39 is 18.5 Å². The van der Waals surface area contributed by atoms with Crippen molar-refractivity contribution in [2.75, 3.05) is 26.1 Å². The Balaban J connectivity index is 1.57. The van der Waals surface area contributed by atoms with Crippen molar-refractivity contribution in [2.24, 2.45) is 0 Å². The Labute approximate surface area is 234 Å². The number of nitriles is 1. The molecule has 3 aromatic carbocycles. The van der Waals surface area contributed by atoms with Gasteiger partial charge < -0.3 is 18.6 Å². The largest absolute Gasteiger partial charge is 0.497 e. The molecule has 10 heteroatoms. The highest BCUT2D eigenvalue weighted by Crippen LogP contribution is 2.42. The number of nitrogens with zero attached hydrogens (tertiary/aromatic N) is 1. The van der Waals surface area contributed by atoms with Crippen molar-refractivity contribution >= 4 is 41.0 Å². The van der Waals surface area contributed by atoms with Gasteiger partial charge in [-0.2, -0.15) is 5.26 Å². The van der Waals surface area contributed by atoms with Crippen molar-refractivity contribution in [3.05, 3.63) is 87.9 Å². The van der Waals surface area contributed by atoms with E-state index in [0.717, 1.165) is 0 Å². The predicted molar refractivity (Wildman–Crippen MR) is 147 cm³/mol. The molecule has 39 heavy (non-hydrogen) atoms. The first-order valence-electron chi connectivity index (χ1n) is 11.6. The lowest BCUT2D eigenvalue weighted by Gasteiger charge is -2.06. The first-order valence-corrected chi connectivity index (χ1v) is 12.3. The Kier molecular flexibility index (Phi) is 8.77. The van der Waals surface area contributed by atoms with Gasteiger partial charge in [0.1, 0.15) is 28.9 Å². The fraction of sp³-hybridized carbons (Fsp3) is 0.138. The summed E-state index contributed by atoms with van der Waals surface area (Å²) in [5.41, 5.74) is 2.52. The summed E-state index contributed by atoms with van der Waals surface area (Å²) < 4.78 is 21.6. The van der Waals surface area contributed by atoms with E-state index >= 15 is 0 Å². The quantitative estimate of drug-likeness (QED) is 0.230. The monoisotopic (exact) mass is 564 g/mol. The summed E-state index contributed by atoms with van der Waals surface area (Å²) in [6, 6.07) is 21.0. The number of furan rings is 1. The number of anilines is 1. The van der Waals surface area contributed by atoms with Crippen molar-refractivity contribution in [1.82, 2.24) is 0 Å². The molecule has 0 fully saturated rings. The van der Waals surface area contributed by atoms with Gasteiger partial charge in [-0.05, 0) is 59.7 Å². The van der Waals surface area contributed by atoms with E-state index in [1.807, 2.05) is 0 Å². The molecule has 1 heterocycles. The molecule has 4 aromatic rings. The second-order valence-electron chi connectivity index (χ2n) is 8.21. The lowest BCUT2D eigenvalue weighted by molar-refractivity contribution is -0.146. The molecule has 0 radical (unpaired) electrons. The molecule has 0 aliphatic carbocycles. The highest BCUT2D eigenvalue weighted by atomic mass is 35.5. The number of methoxy groups -OCH3 is 2. The number of ether oxygens (including phenoxy) is 3. The van der Waals surface area contributed by atoms with Crippen LogP contribution in [0.5, 0.6) is 11.5 Å². The number of carbonyl (C=O) groups is 2. The molecule has 0 saturated carbocycles. The minimum Gasteiger partial charge on any atom is -0.497 e. The van der Waals surface area contributed by atoms with E-state index in [2.05, 4.69) is 11.4 Å². The van der Waals surface area contributed by atoms with Crippen LogP contribution in [-0.2, 0) is 20.7 Å². The number of halogens is 2. The molecule has 1 aromatic heterocycles. The zero-order valence-electron chi connectivity index (χ0n) is 20.9. The van der Waals surface area contributed by atoms with Gasteiger partial charge in [-0.25, -0.2) is 0 Å². The van der Waals surface area contributed by atoms with E-state index in [1.54, 1.807) is 80.9 Å². The molecular formula is C29H22Cl2N2O6. The number of amides is 1. The molecular weight excluding hydrogens is 543 g/mol. The van der Waals surface area contributed by atoms with Crippen LogP contribution in [0.4, 0.5) is 5.88 Å². The molecule has 198 valence electrons. The van der Waals surface area contributed by atoms with Crippen LogP contribution < -0.4 is 14.8 Å². The molecule has 8 nitrogen and oxygen atoms in total. The molecule has 4 rings (SSSR count). The number of hydrogen-bond donors (Lipinski definition) is 1. The number of nitrogens with one attached hydrogen (secondary N) is 1. The van der Waals surface area contributed by atoms with Crippen LogP contribution in [0, 0.1) is 11.3 Å². The highest BCUT2D eigenvalue weighted by Gasteiger charge is 2.25. The van der Waals surface area contributed by atoms with E-state index in [0.29, 0.717) is 49.6 Å². The van der Waals surface area contributed by atoms with E-state index in [9.17, 15) is 14.9 Å². The van der Waals surface area contributed by atoms with Gasteiger partial charge in [0.15, 0.2) is 6.61 Å². The SMILES string of the molecule is COc1ccc(-c2oc(NC(=O)COC(=O)Cc3ccc(Cl)c(Cl)c3)c(C#N)c2-c2ccc(OC)cc2)cc1. The highest BCUT2D eigenvalue weighted by molar-refractivity contribution is 6.42. The molecule has 0 aliphatic heterocycles. The van der Waals surface area contributed by atoms with Crippen LogP contribution in [0.15, 0.2) is 71.1 Å². The fourth-order valence-corrected chi connectivity index (χ4v) is 4.10. The Morgan fingerprint density at radius 1 is 0.897 bits per heavy atom. The second-order valence-corrected chi connectivity index (χ2v) is 9.03. The third-order valence-corrected chi connectivity index (χ3v) is 6.44. The summed E-state index contributed by atoms with van der Waals surface area (Å²) in [5, 5.41) is 13.2. The third-order valence-electron chi connectivity index (χ3n) is 5.70. The van der Waals surface area contributed by atoms with E-state index in [1.165, 1.54) is 0 Å². The maximum absolute atomic E-state index is 12.7. The minimum atomic E-state index is -0.676. The summed E-state index contributed by atoms with van der Waals surface area (Å²) in [6.45, 7) is -0.582. The van der Waals surface area contributed by atoms with Gasteiger partial charge in [-0.1, -0.05) is 41.4 Å². The van der Waals surface area contributed by atoms with Gasteiger partial charge in [0.2, 0.25) is 5.88 Å². The van der Waals surface area contributed by atoms with Crippen LogP contribution in [0.25, 0.3) is 22.5 Å². The van der Waals surface area contributed by atoms with Crippen LogP contribution in [0.3, 0.4) is 0 Å². The summed E-state index contributed by atoms with van der Waals surface area (Å²) in [5.74, 6) is 0.272. The van der Waals surface area contributed by atoms with Gasteiger partial charge in [-0.15, -0.1) is 0 Å². The predicted octanol–water partition coefficient (Wildman–Crippen LogP) is 6.53. The third kappa shape index (κ3) is 6.52. The zero-order valence-corrected chi connectivity index (χ0v) is 22.4. The minimum absolute atomic E-state index is 0.0698. The molecule has 0 bridgehead atoms. The molecule has 1 amide bonds. The molecule has 0 unspecified atom stereocenters. The Hall–Kier alpha value is -4.45. The van der Waals surface area contributed by atoms with Crippen LogP contribution in [0.2, 0.25) is 10.0 Å². The second kappa shape index (κ2) is 12.4. The van der Waals surface area contributed by atoms with Gasteiger partial charge >= 0.3 is 5.97 Å². The number of esters is 1. The number of rotatable bonds is 9. The standard InChI is InChI=1S/C29H22Cl2N2O6/c1-36-20-8-4-18(5-9-20)27-22(15-32)29(39-28(27)19-6-10-21(37-2)11-7-19)33-25(34)16-38-26(35)14-17-3-12-23(30)24(31)13-17/h3-13H,14,16H2,1-2H3,(H,33,34). The van der Waals surface area contributed by atoms with Crippen molar-refractivity contribution in [2.45, 2.75) is 6.42 Å². The fourth-order valence-electron chi connectivity index (χ4n) is 3.78. The number of carbonyl (C=O) groups excluding carboxylic acids is 2. The summed E-state index contributed by atoms with van der Waals surface area (Å²) >= 11 is 11.9. The summed E-state index contributed by atoms with van der Waals surface area (Å²) in [7, 11) is 3.12. The maximum Gasteiger partial charge on any atom is 0.310 e. The first kappa shape index (κ1) is 27.6. The average Bonchev–Trinajstić information content (AvgIpc) is 3.31. The van der Waals surface area contributed by atoms with Crippen molar-refractivity contribution in [3.8, 4) is 40.0 Å². The Morgan fingerprint density at radius 2 is 1.51 bits per heavy atom. The molecule has 0 saturated heterocycles. The Bertz CT molecular complexity index is 1540. The average molecular weight is 565 g/mol. The van der Waals surface area contributed by atoms with Gasteiger partial charge in [-0.3, -0.25) is 14.9 Å². The van der Waals surface area contributed by atoms with Crippen LogP contribution >= 0.6 is 23.2 Å². The summed E-state index contributed by atoms with van der Waals surface area (Å²) in [6.07, 6.45) is -0.0996. The van der Waals surface area contributed by atoms with Gasteiger partial charge in [0.05, 0.1) is 30.7 Å². The van der Waals surface area contributed by atoms with Gasteiger partial charge in [0.25, 0.3) is 5.91 Å². The first-order chi connectivity index (χ1) is 18.8. The summed E-state index contributed by atoms with van der Waals surface area (Å²) in [4.78, 5) is 24.9. The van der Waals surface area contributed by atoms with Crippen molar-refractivity contribution < 1.29 is 28.2 Å². The smallest absolute Gasteiger partial charge is 0.310 e. The Morgan fingerprint density at radius 3 is 2.08 bits per heavy atom. The van der Waals surface area contributed by atoms with Crippen LogP contribution in [-0.4, -0.2) is 32.7 Å².